The van der Waals surface area contributed by atoms with Gasteiger partial charge in [0, 0.05) is 18.7 Å². The minimum atomic E-state index is 0.0459. The lowest BCUT2D eigenvalue weighted by Gasteiger charge is -2.16. The summed E-state index contributed by atoms with van der Waals surface area (Å²) >= 11 is 0. The summed E-state index contributed by atoms with van der Waals surface area (Å²) in [5.74, 6) is 1.12. The van der Waals surface area contributed by atoms with Crippen LogP contribution in [0.5, 0.6) is 0 Å². The van der Waals surface area contributed by atoms with Crippen LogP contribution in [0.15, 0.2) is 22.7 Å². The van der Waals surface area contributed by atoms with Gasteiger partial charge in [0.25, 0.3) is 5.89 Å². The number of amides is 1. The topological polar surface area (TPSA) is 73.0 Å². The molecule has 0 atom stereocenters. The van der Waals surface area contributed by atoms with Crippen molar-refractivity contribution in [1.82, 2.24) is 20.1 Å². The summed E-state index contributed by atoms with van der Waals surface area (Å²) in [4.78, 5) is 12.3. The van der Waals surface area contributed by atoms with Gasteiger partial charge in [-0.15, -0.1) is 10.2 Å². The Labute approximate surface area is 136 Å². The van der Waals surface area contributed by atoms with Crippen molar-refractivity contribution in [2.45, 2.75) is 64.5 Å². The predicted octanol–water partition coefficient (Wildman–Crippen LogP) is 2.94. The predicted molar refractivity (Wildman–Crippen MR) is 86.7 cm³/mol. The summed E-state index contributed by atoms with van der Waals surface area (Å²) in [5.41, 5.74) is 0.785. The van der Waals surface area contributed by atoms with Crippen LogP contribution in [0.3, 0.4) is 0 Å². The summed E-state index contributed by atoms with van der Waals surface area (Å²) in [6, 6.07) is 4.11. The summed E-state index contributed by atoms with van der Waals surface area (Å²) in [6.07, 6.45) is 9.74. The van der Waals surface area contributed by atoms with Crippen molar-refractivity contribution in [3.8, 4) is 11.6 Å². The van der Waals surface area contributed by atoms with Crippen LogP contribution in [-0.2, 0) is 17.8 Å². The number of carbonyl (C=O) groups is 1. The second kappa shape index (κ2) is 7.44. The Morgan fingerprint density at radius 3 is 2.78 bits per heavy atom. The fraction of sp³-hybridized carbons (Fsp3) is 0.588. The van der Waals surface area contributed by atoms with Crippen LogP contribution in [0.4, 0.5) is 0 Å². The average Bonchev–Trinajstić information content (AvgIpc) is 3.12. The van der Waals surface area contributed by atoms with E-state index in [1.54, 1.807) is 0 Å². The van der Waals surface area contributed by atoms with Crippen LogP contribution in [0.25, 0.3) is 11.6 Å². The molecule has 23 heavy (non-hydrogen) atoms. The Bertz CT molecular complexity index is 639. The van der Waals surface area contributed by atoms with Gasteiger partial charge in [-0.05, 0) is 25.0 Å². The van der Waals surface area contributed by atoms with Gasteiger partial charge in [-0.1, -0.05) is 32.6 Å². The van der Waals surface area contributed by atoms with E-state index in [4.69, 9.17) is 4.42 Å². The van der Waals surface area contributed by atoms with Crippen LogP contribution in [0.2, 0.25) is 0 Å². The Morgan fingerprint density at radius 1 is 1.30 bits per heavy atom. The number of aryl methyl sites for hydroxylation is 1. The lowest BCUT2D eigenvalue weighted by Crippen LogP contribution is -2.36. The van der Waals surface area contributed by atoms with Crippen LogP contribution in [0.1, 0.15) is 51.3 Å². The van der Waals surface area contributed by atoms with Gasteiger partial charge in [-0.2, -0.15) is 0 Å². The first kappa shape index (κ1) is 15.8. The van der Waals surface area contributed by atoms with Crippen molar-refractivity contribution in [3.63, 3.8) is 0 Å². The van der Waals surface area contributed by atoms with Gasteiger partial charge in [0.15, 0.2) is 0 Å². The molecule has 1 saturated carbocycles. The van der Waals surface area contributed by atoms with Gasteiger partial charge in [-0.25, -0.2) is 0 Å². The highest BCUT2D eigenvalue weighted by atomic mass is 16.4. The maximum atomic E-state index is 12.3. The highest BCUT2D eigenvalue weighted by Crippen LogP contribution is 2.20. The van der Waals surface area contributed by atoms with Gasteiger partial charge in [0.1, 0.15) is 12.2 Å². The monoisotopic (exact) mass is 316 g/mol. The van der Waals surface area contributed by atoms with Gasteiger partial charge in [0.05, 0.1) is 0 Å². The minimum Gasteiger partial charge on any atom is -0.419 e. The maximum absolute atomic E-state index is 12.3. The number of hydrogen-bond donors (Lipinski definition) is 1. The van der Waals surface area contributed by atoms with Gasteiger partial charge >= 0.3 is 0 Å². The van der Waals surface area contributed by atoms with Crippen molar-refractivity contribution in [1.29, 1.82) is 0 Å². The van der Waals surface area contributed by atoms with E-state index in [-0.39, 0.29) is 12.5 Å². The molecule has 3 rings (SSSR count). The molecular formula is C17H24N4O2. The number of nitrogens with one attached hydrogen (secondary N) is 1. The zero-order valence-corrected chi connectivity index (χ0v) is 13.6. The van der Waals surface area contributed by atoms with Crippen molar-refractivity contribution in [3.05, 3.63) is 24.2 Å². The first-order chi connectivity index (χ1) is 11.3. The molecular weight excluding hydrogens is 292 g/mol. The molecule has 0 aliphatic heterocycles. The first-order valence-corrected chi connectivity index (χ1v) is 8.53. The molecule has 0 aromatic carbocycles. The number of carbonyl (C=O) groups excluding carboxylic acids is 1. The molecule has 6 nitrogen and oxygen atoms in total. The molecule has 1 N–H and O–H groups in total. The number of rotatable bonds is 5. The molecule has 124 valence electrons. The molecule has 0 bridgehead atoms. The van der Waals surface area contributed by atoms with E-state index in [2.05, 4.69) is 15.5 Å². The zero-order chi connectivity index (χ0) is 16.1. The smallest absolute Gasteiger partial charge is 0.264 e. The van der Waals surface area contributed by atoms with E-state index >= 15 is 0 Å². The summed E-state index contributed by atoms with van der Waals surface area (Å²) in [5, 5.41) is 11.2. The standard InChI is InChI=1S/C17H24N4O2/c1-2-16-19-20-17(23-16)14-10-7-11-21(14)12-15(22)18-13-8-5-3-4-6-9-13/h7,10-11,13H,2-6,8-9,12H2,1H3,(H,18,22). The molecule has 0 unspecified atom stereocenters. The van der Waals surface area contributed by atoms with Gasteiger partial charge in [0.2, 0.25) is 11.8 Å². The highest BCUT2D eigenvalue weighted by molar-refractivity contribution is 5.76. The Hall–Kier alpha value is -2.11. The third kappa shape index (κ3) is 4.00. The molecule has 6 heteroatoms. The van der Waals surface area contributed by atoms with Crippen LogP contribution < -0.4 is 5.32 Å². The third-order valence-corrected chi connectivity index (χ3v) is 4.35. The van der Waals surface area contributed by atoms with E-state index < -0.39 is 0 Å². The van der Waals surface area contributed by atoms with E-state index in [9.17, 15) is 4.79 Å². The molecule has 2 heterocycles. The molecule has 1 aliphatic carbocycles. The van der Waals surface area contributed by atoms with Crippen molar-refractivity contribution >= 4 is 5.91 Å². The highest BCUT2D eigenvalue weighted by Gasteiger charge is 2.17. The number of hydrogen-bond acceptors (Lipinski definition) is 4. The third-order valence-electron chi connectivity index (χ3n) is 4.35. The first-order valence-electron chi connectivity index (χ1n) is 8.53. The summed E-state index contributed by atoms with van der Waals surface area (Å²) in [6.45, 7) is 2.25. The zero-order valence-electron chi connectivity index (χ0n) is 13.6. The van der Waals surface area contributed by atoms with E-state index in [0.29, 0.717) is 24.2 Å². The molecule has 2 aromatic heterocycles. The Balaban J connectivity index is 1.63. The van der Waals surface area contributed by atoms with E-state index in [0.717, 1.165) is 18.5 Å². The molecule has 0 radical (unpaired) electrons. The van der Waals surface area contributed by atoms with Crippen molar-refractivity contribution in [2.75, 3.05) is 0 Å². The molecule has 0 spiro atoms. The van der Waals surface area contributed by atoms with E-state index in [1.807, 2.05) is 29.8 Å². The quantitative estimate of drug-likeness (QED) is 0.861. The van der Waals surface area contributed by atoms with Crippen LogP contribution in [0, 0.1) is 0 Å². The molecule has 1 fully saturated rings. The number of aromatic nitrogens is 3. The summed E-state index contributed by atoms with van der Waals surface area (Å²) < 4.78 is 7.45. The van der Waals surface area contributed by atoms with Gasteiger partial charge < -0.3 is 14.3 Å². The minimum absolute atomic E-state index is 0.0459. The fourth-order valence-corrected chi connectivity index (χ4v) is 3.10. The van der Waals surface area contributed by atoms with Crippen molar-refractivity contribution in [2.24, 2.45) is 0 Å². The lowest BCUT2D eigenvalue weighted by molar-refractivity contribution is -0.122. The largest absolute Gasteiger partial charge is 0.419 e. The van der Waals surface area contributed by atoms with Crippen LogP contribution >= 0.6 is 0 Å². The van der Waals surface area contributed by atoms with Gasteiger partial charge in [-0.3, -0.25) is 4.79 Å². The molecule has 2 aromatic rings. The second-order valence-corrected chi connectivity index (χ2v) is 6.13. The molecule has 1 aliphatic rings. The molecule has 0 saturated heterocycles. The SMILES string of the molecule is CCc1nnc(-c2cccn2CC(=O)NC2CCCCCC2)o1. The second-order valence-electron chi connectivity index (χ2n) is 6.13. The molecule has 1 amide bonds. The summed E-state index contributed by atoms with van der Waals surface area (Å²) in [7, 11) is 0. The Morgan fingerprint density at radius 2 is 2.09 bits per heavy atom. The normalized spacial score (nSPS) is 16.2. The maximum Gasteiger partial charge on any atom is 0.264 e. The Kier molecular flexibility index (Phi) is 5.10. The fourth-order valence-electron chi connectivity index (χ4n) is 3.10. The van der Waals surface area contributed by atoms with Crippen LogP contribution in [-0.4, -0.2) is 26.7 Å². The lowest BCUT2D eigenvalue weighted by atomic mass is 10.1. The number of nitrogens with zero attached hydrogens (tertiary/aromatic N) is 3. The van der Waals surface area contributed by atoms with E-state index in [1.165, 1.54) is 25.7 Å². The average molecular weight is 316 g/mol. The van der Waals surface area contributed by atoms with Crippen molar-refractivity contribution < 1.29 is 9.21 Å².